The number of hydrogen-bond acceptors (Lipinski definition) is 7. The van der Waals surface area contributed by atoms with Crippen molar-refractivity contribution in [2.75, 3.05) is 25.1 Å². The van der Waals surface area contributed by atoms with Gasteiger partial charge in [0, 0.05) is 5.69 Å². The minimum atomic E-state index is -0.607. The number of ether oxygens (including phenoxy) is 2. The molecule has 1 aliphatic heterocycles. The number of carbonyl (C=O) groups is 4. The molecule has 9 heteroatoms. The van der Waals surface area contributed by atoms with Crippen molar-refractivity contribution >= 4 is 46.5 Å². The lowest BCUT2D eigenvalue weighted by Gasteiger charge is -2.11. The maximum absolute atomic E-state index is 12.5. The topological polar surface area (TPSA) is 102 Å². The van der Waals surface area contributed by atoms with E-state index in [9.17, 15) is 19.2 Å². The summed E-state index contributed by atoms with van der Waals surface area (Å²) in [5.74, 6) is -0.930. The predicted molar refractivity (Wildman–Crippen MR) is 130 cm³/mol. The van der Waals surface area contributed by atoms with Crippen LogP contribution in [0.4, 0.5) is 10.5 Å². The average molecular weight is 483 g/mol. The van der Waals surface area contributed by atoms with Gasteiger partial charge in [0.1, 0.15) is 12.3 Å². The van der Waals surface area contributed by atoms with Crippen LogP contribution in [0.1, 0.15) is 30.9 Å². The molecule has 0 unspecified atom stereocenters. The first kappa shape index (κ1) is 25.0. The molecular weight excluding hydrogens is 456 g/mol. The third-order valence-electron chi connectivity index (χ3n) is 4.89. The molecule has 8 nitrogen and oxygen atoms in total. The third-order valence-corrected chi connectivity index (χ3v) is 5.80. The molecule has 34 heavy (non-hydrogen) atoms. The van der Waals surface area contributed by atoms with Crippen molar-refractivity contribution in [1.29, 1.82) is 0 Å². The SMILES string of the molecule is CCCCOC(=O)CN1C(=O)S/C(=C\c2ccc(OCC(=O)Nc3ccccc3C)cc2)C1=O. The number of anilines is 1. The fourth-order valence-corrected chi connectivity index (χ4v) is 3.84. The summed E-state index contributed by atoms with van der Waals surface area (Å²) in [6, 6.07) is 14.2. The van der Waals surface area contributed by atoms with Crippen molar-refractivity contribution in [2.24, 2.45) is 0 Å². The molecule has 2 aromatic carbocycles. The van der Waals surface area contributed by atoms with E-state index in [1.54, 1.807) is 30.3 Å². The van der Waals surface area contributed by atoms with Crippen molar-refractivity contribution in [2.45, 2.75) is 26.7 Å². The summed E-state index contributed by atoms with van der Waals surface area (Å²) < 4.78 is 10.6. The van der Waals surface area contributed by atoms with E-state index in [-0.39, 0.29) is 24.0 Å². The largest absolute Gasteiger partial charge is 0.484 e. The van der Waals surface area contributed by atoms with Gasteiger partial charge in [0.2, 0.25) is 0 Å². The molecule has 1 N–H and O–H groups in total. The Morgan fingerprint density at radius 1 is 1.09 bits per heavy atom. The molecule has 3 rings (SSSR count). The van der Waals surface area contributed by atoms with E-state index in [1.807, 2.05) is 38.1 Å². The second-order valence-corrected chi connectivity index (χ2v) is 8.56. The molecule has 1 saturated heterocycles. The Morgan fingerprint density at radius 3 is 2.53 bits per heavy atom. The fraction of sp³-hybridized carbons (Fsp3) is 0.280. The van der Waals surface area contributed by atoms with Gasteiger partial charge in [0.15, 0.2) is 6.61 Å². The Bertz CT molecular complexity index is 1100. The van der Waals surface area contributed by atoms with E-state index in [2.05, 4.69) is 5.32 Å². The summed E-state index contributed by atoms with van der Waals surface area (Å²) in [4.78, 5) is 49.8. The van der Waals surface area contributed by atoms with Gasteiger partial charge in [-0.05, 0) is 60.5 Å². The molecule has 3 amide bonds. The van der Waals surface area contributed by atoms with E-state index in [1.165, 1.54) is 0 Å². The number of rotatable bonds is 10. The number of unbranched alkanes of at least 4 members (excludes halogenated alkanes) is 1. The lowest BCUT2D eigenvalue weighted by atomic mass is 10.2. The van der Waals surface area contributed by atoms with E-state index in [0.717, 1.165) is 40.8 Å². The smallest absolute Gasteiger partial charge is 0.326 e. The first-order valence-corrected chi connectivity index (χ1v) is 11.7. The number of nitrogens with one attached hydrogen (secondary N) is 1. The monoisotopic (exact) mass is 482 g/mol. The van der Waals surface area contributed by atoms with E-state index < -0.39 is 23.7 Å². The highest BCUT2D eigenvalue weighted by molar-refractivity contribution is 8.18. The summed E-state index contributed by atoms with van der Waals surface area (Å²) >= 11 is 0.774. The number of carbonyl (C=O) groups excluding carboxylic acids is 4. The molecule has 2 aromatic rings. The van der Waals surface area contributed by atoms with Crippen molar-refractivity contribution in [3.63, 3.8) is 0 Å². The van der Waals surface area contributed by atoms with Gasteiger partial charge in [0.25, 0.3) is 17.1 Å². The van der Waals surface area contributed by atoms with Crippen molar-refractivity contribution in [3.05, 3.63) is 64.6 Å². The summed E-state index contributed by atoms with van der Waals surface area (Å²) in [5, 5.41) is 2.29. The summed E-state index contributed by atoms with van der Waals surface area (Å²) in [6.45, 7) is 3.59. The second-order valence-electron chi connectivity index (χ2n) is 7.56. The van der Waals surface area contributed by atoms with Crippen LogP contribution in [0.15, 0.2) is 53.4 Å². The number of thioether (sulfide) groups is 1. The summed E-state index contributed by atoms with van der Waals surface area (Å²) in [5.41, 5.74) is 2.36. The minimum absolute atomic E-state index is 0.152. The molecule has 1 aliphatic rings. The fourth-order valence-electron chi connectivity index (χ4n) is 3.00. The Labute approximate surface area is 202 Å². The van der Waals surface area contributed by atoms with Crippen LogP contribution in [0.25, 0.3) is 6.08 Å². The first-order chi connectivity index (χ1) is 16.4. The highest BCUT2D eigenvalue weighted by Crippen LogP contribution is 2.32. The summed E-state index contributed by atoms with van der Waals surface area (Å²) in [7, 11) is 0. The molecule has 1 heterocycles. The number of amides is 3. The van der Waals surface area contributed by atoms with Gasteiger partial charge < -0.3 is 14.8 Å². The van der Waals surface area contributed by atoms with Gasteiger partial charge in [-0.1, -0.05) is 43.7 Å². The molecule has 0 radical (unpaired) electrons. The Morgan fingerprint density at radius 2 is 1.82 bits per heavy atom. The second kappa shape index (κ2) is 12.0. The van der Waals surface area contributed by atoms with Crippen LogP contribution >= 0.6 is 11.8 Å². The lowest BCUT2D eigenvalue weighted by molar-refractivity contribution is -0.146. The van der Waals surface area contributed by atoms with Crippen LogP contribution in [0, 0.1) is 6.92 Å². The average Bonchev–Trinajstić information content (AvgIpc) is 3.07. The minimum Gasteiger partial charge on any atom is -0.484 e. The zero-order chi connectivity index (χ0) is 24.5. The maximum Gasteiger partial charge on any atom is 0.326 e. The zero-order valence-corrected chi connectivity index (χ0v) is 19.9. The Kier molecular flexibility index (Phi) is 8.86. The number of benzene rings is 2. The van der Waals surface area contributed by atoms with E-state index >= 15 is 0 Å². The van der Waals surface area contributed by atoms with Crippen molar-refractivity contribution in [1.82, 2.24) is 4.90 Å². The molecule has 0 saturated carbocycles. The number of para-hydroxylation sites is 1. The van der Waals surface area contributed by atoms with Crippen LogP contribution < -0.4 is 10.1 Å². The summed E-state index contributed by atoms with van der Waals surface area (Å²) in [6.07, 6.45) is 3.18. The quantitative estimate of drug-likeness (QED) is 0.304. The first-order valence-electron chi connectivity index (χ1n) is 10.9. The van der Waals surface area contributed by atoms with Gasteiger partial charge >= 0.3 is 5.97 Å². The zero-order valence-electron chi connectivity index (χ0n) is 19.0. The van der Waals surface area contributed by atoms with Gasteiger partial charge in [0.05, 0.1) is 11.5 Å². The number of aryl methyl sites for hydroxylation is 1. The van der Waals surface area contributed by atoms with Gasteiger partial charge in [-0.2, -0.15) is 0 Å². The van der Waals surface area contributed by atoms with Crippen LogP contribution in [0.3, 0.4) is 0 Å². The number of esters is 1. The van der Waals surface area contributed by atoms with Crippen LogP contribution in [-0.4, -0.2) is 47.7 Å². The van der Waals surface area contributed by atoms with E-state index in [0.29, 0.717) is 11.3 Å². The van der Waals surface area contributed by atoms with Crippen LogP contribution in [0.2, 0.25) is 0 Å². The highest BCUT2D eigenvalue weighted by atomic mass is 32.2. The van der Waals surface area contributed by atoms with Gasteiger partial charge in [-0.25, -0.2) is 0 Å². The third kappa shape index (κ3) is 6.95. The lowest BCUT2D eigenvalue weighted by Crippen LogP contribution is -2.34. The van der Waals surface area contributed by atoms with Crippen LogP contribution in [-0.2, 0) is 19.1 Å². The Balaban J connectivity index is 1.53. The standard InChI is InChI=1S/C25H26N2O6S/c1-3-4-13-32-23(29)15-27-24(30)21(34-25(27)31)14-18-9-11-19(12-10-18)33-16-22(28)26-20-8-6-5-7-17(20)2/h5-12,14H,3-4,13,15-16H2,1-2H3,(H,26,28)/b21-14-. The van der Waals surface area contributed by atoms with Crippen molar-refractivity contribution in [3.8, 4) is 5.75 Å². The molecule has 0 bridgehead atoms. The number of nitrogens with zero attached hydrogens (tertiary/aromatic N) is 1. The number of imide groups is 1. The highest BCUT2D eigenvalue weighted by Gasteiger charge is 2.36. The normalized spacial score (nSPS) is 14.4. The molecule has 178 valence electrons. The van der Waals surface area contributed by atoms with Gasteiger partial charge in [-0.3, -0.25) is 24.1 Å². The maximum atomic E-state index is 12.5. The van der Waals surface area contributed by atoms with Crippen molar-refractivity contribution < 1.29 is 28.7 Å². The number of hydrogen-bond donors (Lipinski definition) is 1. The molecule has 0 spiro atoms. The van der Waals surface area contributed by atoms with Crippen LogP contribution in [0.5, 0.6) is 5.75 Å². The van der Waals surface area contributed by atoms with Gasteiger partial charge in [-0.15, -0.1) is 0 Å². The Hall–Kier alpha value is -3.59. The molecular formula is C25H26N2O6S. The van der Waals surface area contributed by atoms with E-state index in [4.69, 9.17) is 9.47 Å². The molecule has 0 aromatic heterocycles. The molecule has 0 aliphatic carbocycles. The predicted octanol–water partition coefficient (Wildman–Crippen LogP) is 4.39. The molecule has 1 fully saturated rings. The molecule has 0 atom stereocenters.